The molecular weight excluding hydrogens is 459 g/mol. The molecule has 1 aliphatic rings. The lowest BCUT2D eigenvalue weighted by Gasteiger charge is -2.32. The number of nitrogens with zero attached hydrogens (tertiary/aromatic N) is 2. The van der Waals surface area contributed by atoms with Gasteiger partial charge in [-0.1, -0.05) is 0 Å². The summed E-state index contributed by atoms with van der Waals surface area (Å²) in [7, 11) is 1.64. The van der Waals surface area contributed by atoms with Crippen LogP contribution in [0.1, 0.15) is 17.6 Å². The highest BCUT2D eigenvalue weighted by atomic mass is 127. The molecule has 148 valence electrons. The monoisotopic (exact) mass is 486 g/mol. The van der Waals surface area contributed by atoms with Gasteiger partial charge < -0.3 is 24.9 Å². The van der Waals surface area contributed by atoms with Crippen LogP contribution in [-0.4, -0.2) is 50.8 Å². The molecule has 7 nitrogen and oxygen atoms in total. The summed E-state index contributed by atoms with van der Waals surface area (Å²) in [5.41, 5.74) is 6.94. The van der Waals surface area contributed by atoms with Gasteiger partial charge in [-0.2, -0.15) is 0 Å². The highest BCUT2D eigenvalue weighted by Crippen LogP contribution is 2.24. The number of aryl methyl sites for hydroxylation is 1. The molecule has 27 heavy (non-hydrogen) atoms. The standard InChI is InChI=1S/C19H26N4O3.HI/c1-14-3-8-18(26-14)17(23-9-11-25-12-10-23)13-21-19(20)22-15-4-6-16(24-2)7-5-15;/h3-8,17H,9-13H2,1-2H3,(H3,20,21,22);1H. The third-order valence-electron chi connectivity index (χ3n) is 4.37. The first-order valence-corrected chi connectivity index (χ1v) is 8.75. The van der Waals surface area contributed by atoms with Crippen LogP contribution in [0, 0.1) is 6.92 Å². The number of morpholine rings is 1. The first-order valence-electron chi connectivity index (χ1n) is 8.75. The van der Waals surface area contributed by atoms with Crippen molar-refractivity contribution in [2.75, 3.05) is 45.3 Å². The summed E-state index contributed by atoms with van der Waals surface area (Å²) >= 11 is 0. The Hall–Kier alpha value is -1.78. The molecule has 1 aliphatic heterocycles. The van der Waals surface area contributed by atoms with E-state index in [1.807, 2.05) is 43.3 Å². The first kappa shape index (κ1) is 21.5. The van der Waals surface area contributed by atoms with E-state index in [1.165, 1.54) is 0 Å². The fourth-order valence-corrected chi connectivity index (χ4v) is 2.95. The van der Waals surface area contributed by atoms with Crippen molar-refractivity contribution in [1.29, 1.82) is 0 Å². The van der Waals surface area contributed by atoms with Gasteiger partial charge in [0.1, 0.15) is 17.3 Å². The van der Waals surface area contributed by atoms with Crippen LogP contribution in [0.5, 0.6) is 5.75 Å². The lowest BCUT2D eigenvalue weighted by Crippen LogP contribution is -2.40. The second kappa shape index (κ2) is 10.5. The van der Waals surface area contributed by atoms with Crippen LogP contribution in [0.2, 0.25) is 0 Å². The normalized spacial score (nSPS) is 16.4. The Morgan fingerprint density at radius 1 is 1.22 bits per heavy atom. The lowest BCUT2D eigenvalue weighted by atomic mass is 10.1. The number of hydrogen-bond acceptors (Lipinski definition) is 5. The van der Waals surface area contributed by atoms with Crippen molar-refractivity contribution in [3.8, 4) is 5.75 Å². The van der Waals surface area contributed by atoms with Crippen molar-refractivity contribution < 1.29 is 13.9 Å². The third kappa shape index (κ3) is 6.12. The quantitative estimate of drug-likeness (QED) is 0.371. The summed E-state index contributed by atoms with van der Waals surface area (Å²) in [5.74, 6) is 2.97. The molecule has 3 N–H and O–H groups in total. The van der Waals surface area contributed by atoms with Crippen LogP contribution in [0.25, 0.3) is 0 Å². The molecule has 0 aliphatic carbocycles. The first-order chi connectivity index (χ1) is 12.7. The fraction of sp³-hybridized carbons (Fsp3) is 0.421. The molecule has 0 bridgehead atoms. The molecule has 1 saturated heterocycles. The number of hydrogen-bond donors (Lipinski definition) is 2. The van der Waals surface area contributed by atoms with Gasteiger partial charge in [-0.05, 0) is 43.3 Å². The number of nitrogens with two attached hydrogens (primary N) is 1. The van der Waals surface area contributed by atoms with Crippen molar-refractivity contribution in [1.82, 2.24) is 4.90 Å². The Kier molecular flexibility index (Phi) is 8.39. The summed E-state index contributed by atoms with van der Waals surface area (Å²) in [6, 6.07) is 11.6. The van der Waals surface area contributed by atoms with Gasteiger partial charge in [0.05, 0.1) is 32.9 Å². The number of methoxy groups -OCH3 is 1. The number of benzene rings is 1. The molecule has 1 fully saturated rings. The van der Waals surface area contributed by atoms with Crippen molar-refractivity contribution in [2.45, 2.75) is 13.0 Å². The summed E-state index contributed by atoms with van der Waals surface area (Å²) in [6.45, 7) is 5.61. The molecule has 0 amide bonds. The molecule has 3 rings (SSSR count). The van der Waals surface area contributed by atoms with Crippen molar-refractivity contribution in [3.05, 3.63) is 47.9 Å². The van der Waals surface area contributed by atoms with E-state index in [2.05, 4.69) is 15.2 Å². The number of nitrogens with one attached hydrogen (secondary N) is 1. The molecule has 1 atom stereocenters. The van der Waals surface area contributed by atoms with Gasteiger partial charge in [-0.25, -0.2) is 0 Å². The zero-order valence-electron chi connectivity index (χ0n) is 15.7. The van der Waals surface area contributed by atoms with Gasteiger partial charge in [0.15, 0.2) is 5.96 Å². The summed E-state index contributed by atoms with van der Waals surface area (Å²) in [6.07, 6.45) is 0. The van der Waals surface area contributed by atoms with E-state index in [1.54, 1.807) is 7.11 Å². The van der Waals surface area contributed by atoms with E-state index in [0.717, 1.165) is 49.3 Å². The Bertz CT molecular complexity index is 727. The zero-order chi connectivity index (χ0) is 18.4. The Balaban J connectivity index is 0.00000261. The predicted molar refractivity (Wildman–Crippen MR) is 117 cm³/mol. The number of anilines is 1. The average molecular weight is 486 g/mol. The number of guanidine groups is 1. The Morgan fingerprint density at radius 3 is 2.52 bits per heavy atom. The van der Waals surface area contributed by atoms with Gasteiger partial charge in [0, 0.05) is 18.8 Å². The van der Waals surface area contributed by atoms with Crippen LogP contribution in [0.4, 0.5) is 5.69 Å². The molecule has 0 radical (unpaired) electrons. The van der Waals surface area contributed by atoms with Crippen LogP contribution < -0.4 is 15.8 Å². The average Bonchev–Trinajstić information content (AvgIpc) is 3.09. The molecule has 8 heteroatoms. The molecule has 1 aromatic carbocycles. The second-order valence-electron chi connectivity index (χ2n) is 6.19. The summed E-state index contributed by atoms with van der Waals surface area (Å²) in [5, 5.41) is 3.11. The summed E-state index contributed by atoms with van der Waals surface area (Å²) < 4.78 is 16.5. The van der Waals surface area contributed by atoms with Crippen molar-refractivity contribution in [3.63, 3.8) is 0 Å². The van der Waals surface area contributed by atoms with Gasteiger partial charge in [0.2, 0.25) is 0 Å². The van der Waals surface area contributed by atoms with Crippen LogP contribution in [0.3, 0.4) is 0 Å². The maximum absolute atomic E-state index is 6.07. The van der Waals surface area contributed by atoms with Crippen molar-refractivity contribution >= 4 is 35.6 Å². The van der Waals surface area contributed by atoms with Gasteiger partial charge in [-0.3, -0.25) is 9.89 Å². The molecular formula is C19H27IN4O3. The maximum atomic E-state index is 6.07. The minimum atomic E-state index is 0. The smallest absolute Gasteiger partial charge is 0.193 e. The maximum Gasteiger partial charge on any atom is 0.193 e. The number of halogens is 1. The van der Waals surface area contributed by atoms with E-state index < -0.39 is 0 Å². The minimum absolute atomic E-state index is 0. The van der Waals surface area contributed by atoms with Crippen LogP contribution in [-0.2, 0) is 4.74 Å². The number of rotatable bonds is 6. The van der Waals surface area contributed by atoms with E-state index in [0.29, 0.717) is 12.5 Å². The minimum Gasteiger partial charge on any atom is -0.497 e. The Labute approximate surface area is 176 Å². The van der Waals surface area contributed by atoms with Crippen LogP contribution >= 0.6 is 24.0 Å². The third-order valence-corrected chi connectivity index (χ3v) is 4.37. The highest BCUT2D eigenvalue weighted by Gasteiger charge is 2.25. The predicted octanol–water partition coefficient (Wildman–Crippen LogP) is 3.01. The molecule has 0 saturated carbocycles. The number of furan rings is 1. The van der Waals surface area contributed by atoms with E-state index >= 15 is 0 Å². The number of ether oxygens (including phenoxy) is 2. The van der Waals surface area contributed by atoms with E-state index in [-0.39, 0.29) is 30.0 Å². The fourth-order valence-electron chi connectivity index (χ4n) is 2.95. The van der Waals surface area contributed by atoms with Crippen LogP contribution in [0.15, 0.2) is 45.8 Å². The van der Waals surface area contributed by atoms with E-state index in [9.17, 15) is 0 Å². The largest absolute Gasteiger partial charge is 0.497 e. The Morgan fingerprint density at radius 2 is 1.93 bits per heavy atom. The van der Waals surface area contributed by atoms with Gasteiger partial charge >= 0.3 is 0 Å². The highest BCUT2D eigenvalue weighted by molar-refractivity contribution is 14.0. The van der Waals surface area contributed by atoms with Gasteiger partial charge in [0.25, 0.3) is 0 Å². The number of aliphatic imine (C=N–C) groups is 1. The molecule has 2 aromatic rings. The van der Waals surface area contributed by atoms with E-state index in [4.69, 9.17) is 19.6 Å². The van der Waals surface area contributed by atoms with Gasteiger partial charge in [-0.15, -0.1) is 24.0 Å². The van der Waals surface area contributed by atoms with Crippen molar-refractivity contribution in [2.24, 2.45) is 10.7 Å². The molecule has 1 unspecified atom stereocenters. The summed E-state index contributed by atoms with van der Waals surface area (Å²) in [4.78, 5) is 6.86. The molecule has 0 spiro atoms. The SMILES string of the molecule is COc1ccc(NC(N)=NCC(c2ccc(C)o2)N2CCOCC2)cc1.I. The zero-order valence-corrected chi connectivity index (χ0v) is 18.0. The molecule has 1 aromatic heterocycles. The lowest BCUT2D eigenvalue weighted by molar-refractivity contribution is 0.0135. The molecule has 2 heterocycles. The topological polar surface area (TPSA) is 85.2 Å². The second-order valence-corrected chi connectivity index (χ2v) is 6.19.